The molecular weight excluding hydrogens is 362 g/mol. The van der Waals surface area contributed by atoms with E-state index in [1.54, 1.807) is 12.4 Å². The van der Waals surface area contributed by atoms with Crippen LogP contribution in [0.1, 0.15) is 38.6 Å². The summed E-state index contributed by atoms with van der Waals surface area (Å²) in [5.74, 6) is 1.52. The summed E-state index contributed by atoms with van der Waals surface area (Å²) in [5, 5.41) is 3.37. The maximum atomic E-state index is 12.7. The maximum Gasteiger partial charge on any atom is 0.225 e. The van der Waals surface area contributed by atoms with E-state index >= 15 is 0 Å². The van der Waals surface area contributed by atoms with Gasteiger partial charge in [-0.1, -0.05) is 32.0 Å². The monoisotopic (exact) mass is 387 g/mol. The van der Waals surface area contributed by atoms with Gasteiger partial charge in [-0.05, 0) is 37.1 Å². The number of likely N-dealkylation sites (tertiary alicyclic amines) is 1. The number of carbonyl (C=O) groups excluding carboxylic acids is 1. The number of nitrogens with zero attached hydrogens (tertiary/aromatic N) is 4. The molecule has 0 radical (unpaired) electrons. The number of carbonyl (C=O) groups is 1. The molecule has 0 bridgehead atoms. The summed E-state index contributed by atoms with van der Waals surface area (Å²) in [4.78, 5) is 28.4. The number of anilines is 2. The third kappa shape index (κ3) is 4.26. The Morgan fingerprint density at radius 2 is 1.86 bits per heavy atom. The summed E-state index contributed by atoms with van der Waals surface area (Å²) in [6.07, 6.45) is 5.35. The second-order valence-corrected chi connectivity index (χ2v) is 7.57. The van der Waals surface area contributed by atoms with E-state index in [0.29, 0.717) is 5.82 Å². The van der Waals surface area contributed by atoms with E-state index in [2.05, 4.69) is 10.3 Å². The summed E-state index contributed by atoms with van der Waals surface area (Å²) < 4.78 is 0. The fourth-order valence-corrected chi connectivity index (χ4v) is 3.65. The van der Waals surface area contributed by atoms with Gasteiger partial charge in [-0.2, -0.15) is 0 Å². The zero-order valence-corrected chi connectivity index (χ0v) is 16.7. The Bertz CT molecular complexity index is 975. The highest BCUT2D eigenvalue weighted by Crippen LogP contribution is 2.33. The van der Waals surface area contributed by atoms with Crippen molar-refractivity contribution in [2.75, 3.05) is 11.9 Å². The van der Waals surface area contributed by atoms with Crippen LogP contribution in [-0.4, -0.2) is 32.3 Å². The van der Waals surface area contributed by atoms with Gasteiger partial charge < -0.3 is 10.2 Å². The van der Waals surface area contributed by atoms with Crippen molar-refractivity contribution >= 4 is 17.4 Å². The van der Waals surface area contributed by atoms with Crippen molar-refractivity contribution in [3.05, 3.63) is 66.7 Å². The zero-order valence-electron chi connectivity index (χ0n) is 16.7. The van der Waals surface area contributed by atoms with Crippen LogP contribution in [0.4, 0.5) is 11.5 Å². The molecule has 6 heteroatoms. The number of aromatic nitrogens is 3. The summed E-state index contributed by atoms with van der Waals surface area (Å²) >= 11 is 0. The van der Waals surface area contributed by atoms with Crippen LogP contribution in [-0.2, 0) is 4.79 Å². The van der Waals surface area contributed by atoms with Crippen LogP contribution in [0.15, 0.2) is 60.9 Å². The molecule has 29 heavy (non-hydrogen) atoms. The van der Waals surface area contributed by atoms with Gasteiger partial charge in [0.25, 0.3) is 0 Å². The van der Waals surface area contributed by atoms with Crippen LogP contribution < -0.4 is 5.32 Å². The number of hydrogen-bond acceptors (Lipinski definition) is 5. The van der Waals surface area contributed by atoms with Gasteiger partial charge in [0.15, 0.2) is 5.82 Å². The highest BCUT2D eigenvalue weighted by molar-refractivity contribution is 5.79. The fraction of sp³-hybridized carbons (Fsp3) is 0.304. The molecule has 1 atom stereocenters. The normalized spacial score (nSPS) is 16.2. The molecule has 0 saturated carbocycles. The topological polar surface area (TPSA) is 71.0 Å². The minimum Gasteiger partial charge on any atom is -0.340 e. The predicted octanol–water partition coefficient (Wildman–Crippen LogP) is 4.60. The summed E-state index contributed by atoms with van der Waals surface area (Å²) in [7, 11) is 0. The Balaban J connectivity index is 1.74. The van der Waals surface area contributed by atoms with Crippen LogP contribution in [0.3, 0.4) is 0 Å². The van der Waals surface area contributed by atoms with Gasteiger partial charge >= 0.3 is 0 Å². The number of hydrogen-bond donors (Lipinski definition) is 1. The molecule has 1 fully saturated rings. The van der Waals surface area contributed by atoms with Gasteiger partial charge in [-0.15, -0.1) is 0 Å². The highest BCUT2D eigenvalue weighted by Gasteiger charge is 2.33. The molecule has 0 spiro atoms. The van der Waals surface area contributed by atoms with Crippen molar-refractivity contribution in [3.63, 3.8) is 0 Å². The summed E-state index contributed by atoms with van der Waals surface area (Å²) in [6, 6.07) is 15.7. The molecule has 3 heterocycles. The molecule has 1 saturated heterocycles. The van der Waals surface area contributed by atoms with Crippen LogP contribution in [0, 0.1) is 5.92 Å². The molecule has 3 aromatic rings. The third-order valence-corrected chi connectivity index (χ3v) is 5.09. The SMILES string of the molecule is CC(C)C(=O)N1CCC[C@H]1c1nc(Nc2ccccc2)cc(-c2ccncc2)n1. The van der Waals surface area contributed by atoms with E-state index in [9.17, 15) is 4.79 Å². The average molecular weight is 387 g/mol. The predicted molar refractivity (Wildman–Crippen MR) is 114 cm³/mol. The largest absolute Gasteiger partial charge is 0.340 e. The van der Waals surface area contributed by atoms with Crippen LogP contribution in [0.25, 0.3) is 11.3 Å². The number of para-hydroxylation sites is 1. The van der Waals surface area contributed by atoms with Gasteiger partial charge in [0.05, 0.1) is 11.7 Å². The highest BCUT2D eigenvalue weighted by atomic mass is 16.2. The molecular formula is C23H25N5O. The maximum absolute atomic E-state index is 12.7. The molecule has 1 aliphatic rings. The van der Waals surface area contributed by atoms with Crippen LogP contribution in [0.5, 0.6) is 0 Å². The lowest BCUT2D eigenvalue weighted by atomic mass is 10.1. The second-order valence-electron chi connectivity index (χ2n) is 7.57. The average Bonchev–Trinajstić information content (AvgIpc) is 3.24. The Labute approximate surface area is 171 Å². The molecule has 6 nitrogen and oxygen atoms in total. The van der Waals surface area contributed by atoms with E-state index < -0.39 is 0 Å². The Kier molecular flexibility index (Phi) is 5.51. The Morgan fingerprint density at radius 1 is 1.10 bits per heavy atom. The number of rotatable bonds is 5. The lowest BCUT2D eigenvalue weighted by Gasteiger charge is -2.26. The number of amides is 1. The van der Waals surface area contributed by atoms with E-state index in [1.807, 2.05) is 67.3 Å². The van der Waals surface area contributed by atoms with Crippen molar-refractivity contribution in [2.24, 2.45) is 5.92 Å². The van der Waals surface area contributed by atoms with Gasteiger partial charge in [-0.3, -0.25) is 9.78 Å². The van der Waals surface area contributed by atoms with E-state index in [1.165, 1.54) is 0 Å². The van der Waals surface area contributed by atoms with Gasteiger partial charge in [0, 0.05) is 42.2 Å². The molecule has 0 unspecified atom stereocenters. The summed E-state index contributed by atoms with van der Waals surface area (Å²) in [6.45, 7) is 4.63. The summed E-state index contributed by atoms with van der Waals surface area (Å²) in [5.41, 5.74) is 2.75. The smallest absolute Gasteiger partial charge is 0.225 e. The second kappa shape index (κ2) is 8.39. The first-order valence-corrected chi connectivity index (χ1v) is 10.0. The van der Waals surface area contributed by atoms with Crippen molar-refractivity contribution < 1.29 is 4.79 Å². The van der Waals surface area contributed by atoms with Gasteiger partial charge in [0.1, 0.15) is 5.82 Å². The molecule has 148 valence electrons. The molecule has 2 aromatic heterocycles. The van der Waals surface area contributed by atoms with Gasteiger partial charge in [0.2, 0.25) is 5.91 Å². The molecule has 1 N–H and O–H groups in total. The standard InChI is InChI=1S/C23H25N5O/c1-16(2)23(29)28-14-6-9-20(28)22-26-19(17-10-12-24-13-11-17)15-21(27-22)25-18-7-4-3-5-8-18/h3-5,7-8,10-13,15-16,20H,6,9,14H2,1-2H3,(H,25,26,27)/t20-/m0/s1. The first-order valence-electron chi connectivity index (χ1n) is 10.0. The van der Waals surface area contributed by atoms with E-state index in [-0.39, 0.29) is 17.9 Å². The van der Waals surface area contributed by atoms with Crippen molar-refractivity contribution in [1.82, 2.24) is 19.9 Å². The van der Waals surface area contributed by atoms with Crippen molar-refractivity contribution in [3.8, 4) is 11.3 Å². The van der Waals surface area contributed by atoms with Crippen LogP contribution in [0.2, 0.25) is 0 Å². The van der Waals surface area contributed by atoms with Crippen molar-refractivity contribution in [2.45, 2.75) is 32.7 Å². The Morgan fingerprint density at radius 3 is 2.59 bits per heavy atom. The molecule has 1 amide bonds. The van der Waals surface area contributed by atoms with Gasteiger partial charge in [-0.25, -0.2) is 9.97 Å². The molecule has 4 rings (SSSR count). The minimum absolute atomic E-state index is 0.0408. The van der Waals surface area contributed by atoms with E-state index in [4.69, 9.17) is 9.97 Å². The van der Waals surface area contributed by atoms with Crippen molar-refractivity contribution in [1.29, 1.82) is 0 Å². The third-order valence-electron chi connectivity index (χ3n) is 5.09. The first-order chi connectivity index (χ1) is 14.1. The number of nitrogens with one attached hydrogen (secondary N) is 1. The lowest BCUT2D eigenvalue weighted by Crippen LogP contribution is -2.34. The Hall–Kier alpha value is -3.28. The molecule has 0 aliphatic carbocycles. The number of pyridine rings is 1. The molecule has 1 aromatic carbocycles. The quantitative estimate of drug-likeness (QED) is 0.693. The minimum atomic E-state index is -0.0944. The molecule has 1 aliphatic heterocycles. The lowest BCUT2D eigenvalue weighted by molar-refractivity contribution is -0.135. The van der Waals surface area contributed by atoms with E-state index in [0.717, 1.165) is 42.1 Å². The number of benzene rings is 1. The fourth-order valence-electron chi connectivity index (χ4n) is 3.65. The first kappa shape index (κ1) is 19.1. The zero-order chi connectivity index (χ0) is 20.2. The van der Waals surface area contributed by atoms with Crippen LogP contribution >= 0.6 is 0 Å².